The number of rotatable bonds is 10. The van der Waals surface area contributed by atoms with Crippen LogP contribution in [0.4, 0.5) is 21.0 Å². The van der Waals surface area contributed by atoms with Gasteiger partial charge in [0.15, 0.2) is 9.79 Å². The molecule has 318 valence electrons. The lowest BCUT2D eigenvalue weighted by Crippen LogP contribution is -2.36. The second kappa shape index (κ2) is 15.1. The van der Waals surface area contributed by atoms with Gasteiger partial charge in [0.05, 0.1) is 38.7 Å². The van der Waals surface area contributed by atoms with Crippen molar-refractivity contribution in [2.45, 2.75) is 119 Å². The fourth-order valence-corrected chi connectivity index (χ4v) is 12.1. The topological polar surface area (TPSA) is 214 Å². The van der Waals surface area contributed by atoms with Gasteiger partial charge in [-0.25, -0.2) is 45.2 Å². The number of carbonyl (C=O) groups excluding carboxylic acids is 2. The van der Waals surface area contributed by atoms with Crippen molar-refractivity contribution in [1.82, 2.24) is 29.0 Å². The van der Waals surface area contributed by atoms with Gasteiger partial charge in [-0.15, -0.1) is 0 Å². The Hall–Kier alpha value is -5.14. The molecule has 0 spiro atoms. The van der Waals surface area contributed by atoms with Crippen LogP contribution in [0.3, 0.4) is 0 Å². The van der Waals surface area contributed by atoms with Crippen molar-refractivity contribution >= 4 is 43.5 Å². The number of carbonyl (C=O) groups is 2. The standard InChI is InChI=1S/C41H48N8O9S2/c1-23-19-48-38(57-21-23)34(17-42-48)59(52,53)47-41(51)45-37-32-12-4-10-29(32)31(30-11-5-13-33(30)37)14-15-56-26-20-49-39(58-22-26)35(18-43-49)60(54,55)46-40(50)44-36-27-8-2-6-24(27)16-25-7-3-9-28(25)36/h16-18,23,26H,2-15,19-22H2,1H3,(H2,44,46,50)(H2,45,47,51)/t23-,26-/m1/s1. The number of aromatic nitrogens is 4. The zero-order chi connectivity index (χ0) is 41.3. The van der Waals surface area contributed by atoms with Crippen LogP contribution in [0.1, 0.15) is 82.7 Å². The monoisotopic (exact) mass is 860 g/mol. The summed E-state index contributed by atoms with van der Waals surface area (Å²) in [4.78, 5) is 26.1. The first-order chi connectivity index (χ1) is 28.9. The summed E-state index contributed by atoms with van der Waals surface area (Å²) in [6.07, 6.45) is 13.3. The molecule has 2 aliphatic heterocycles. The minimum Gasteiger partial charge on any atom is -0.477 e. The van der Waals surface area contributed by atoms with E-state index in [0.717, 1.165) is 105 Å². The van der Waals surface area contributed by atoms with Gasteiger partial charge in [-0.3, -0.25) is 0 Å². The number of hydrogen-bond acceptors (Lipinski definition) is 11. The fourth-order valence-electron chi connectivity index (χ4n) is 10.2. The average molecular weight is 861 g/mol. The van der Waals surface area contributed by atoms with Gasteiger partial charge < -0.3 is 24.8 Å². The average Bonchev–Trinajstić information content (AvgIpc) is 4.06. The molecular weight excluding hydrogens is 813 g/mol. The number of sulfonamides is 2. The normalized spacial score (nSPS) is 19.9. The number of nitrogens with zero attached hydrogens (tertiary/aromatic N) is 4. The third-order valence-corrected chi connectivity index (χ3v) is 15.4. The highest BCUT2D eigenvalue weighted by molar-refractivity contribution is 7.90. The summed E-state index contributed by atoms with van der Waals surface area (Å²) in [6.45, 7) is 3.63. The Balaban J connectivity index is 0.780. The van der Waals surface area contributed by atoms with Crippen molar-refractivity contribution in [2.75, 3.05) is 30.5 Å². The lowest BCUT2D eigenvalue weighted by molar-refractivity contribution is -0.0123. The maximum Gasteiger partial charge on any atom is 0.333 e. The van der Waals surface area contributed by atoms with Crippen molar-refractivity contribution in [2.24, 2.45) is 5.92 Å². The van der Waals surface area contributed by atoms with Gasteiger partial charge in [-0.05, 0) is 134 Å². The lowest BCUT2D eigenvalue weighted by atomic mass is 9.90. The number of anilines is 2. The molecule has 19 heteroatoms. The molecule has 4 aromatic rings. The van der Waals surface area contributed by atoms with Crippen LogP contribution in [0.5, 0.6) is 11.8 Å². The number of aryl methyl sites for hydroxylation is 2. The second-order valence-electron chi connectivity index (χ2n) is 16.8. The molecule has 0 saturated carbocycles. The number of fused-ring (bicyclic) bond motifs is 6. The summed E-state index contributed by atoms with van der Waals surface area (Å²) in [7, 11) is -8.55. The van der Waals surface area contributed by atoms with Gasteiger partial charge in [0.1, 0.15) is 12.7 Å². The number of urea groups is 2. The van der Waals surface area contributed by atoms with E-state index in [2.05, 4.69) is 36.3 Å². The molecule has 4 N–H and O–H groups in total. The molecule has 2 aromatic heterocycles. The second-order valence-corrected chi connectivity index (χ2v) is 20.1. The van der Waals surface area contributed by atoms with Crippen molar-refractivity contribution in [3.8, 4) is 11.8 Å². The molecule has 4 aliphatic carbocycles. The van der Waals surface area contributed by atoms with Crippen LogP contribution in [0.2, 0.25) is 0 Å². The molecule has 2 aromatic carbocycles. The summed E-state index contributed by atoms with van der Waals surface area (Å²) < 4.78 is 78.8. The van der Waals surface area contributed by atoms with E-state index in [4.69, 9.17) is 14.2 Å². The van der Waals surface area contributed by atoms with Crippen LogP contribution in [-0.4, -0.2) is 74.4 Å². The maximum absolute atomic E-state index is 13.5. The summed E-state index contributed by atoms with van der Waals surface area (Å²) in [5.74, 6) is 0.370. The number of hydrogen-bond donors (Lipinski definition) is 4. The van der Waals surface area contributed by atoms with Crippen LogP contribution in [0.15, 0.2) is 28.3 Å². The highest BCUT2D eigenvalue weighted by Gasteiger charge is 2.35. The fraction of sp³-hybridized carbons (Fsp3) is 0.512. The Morgan fingerprint density at radius 1 is 0.683 bits per heavy atom. The molecule has 17 nitrogen and oxygen atoms in total. The number of amides is 4. The predicted octanol–water partition coefficient (Wildman–Crippen LogP) is 4.10. The third kappa shape index (κ3) is 6.97. The molecule has 4 heterocycles. The third-order valence-electron chi connectivity index (χ3n) is 12.7. The molecule has 6 aliphatic rings. The van der Waals surface area contributed by atoms with Gasteiger partial charge in [0.25, 0.3) is 20.0 Å². The first-order valence-electron chi connectivity index (χ1n) is 20.9. The maximum atomic E-state index is 13.5. The van der Waals surface area contributed by atoms with Gasteiger partial charge in [0.2, 0.25) is 11.8 Å². The van der Waals surface area contributed by atoms with Gasteiger partial charge in [-0.2, -0.15) is 10.2 Å². The summed E-state index contributed by atoms with van der Waals surface area (Å²) >= 11 is 0. The molecule has 10 rings (SSSR count). The van der Waals surface area contributed by atoms with Crippen LogP contribution in [0, 0.1) is 5.92 Å². The molecule has 0 bridgehead atoms. The smallest absolute Gasteiger partial charge is 0.333 e. The van der Waals surface area contributed by atoms with Crippen molar-refractivity contribution in [1.29, 1.82) is 0 Å². The van der Waals surface area contributed by atoms with E-state index in [1.54, 1.807) is 0 Å². The van der Waals surface area contributed by atoms with Crippen LogP contribution >= 0.6 is 0 Å². The molecule has 4 amide bonds. The molecular formula is C41H48N8O9S2. The lowest BCUT2D eigenvalue weighted by Gasteiger charge is -2.26. The summed E-state index contributed by atoms with van der Waals surface area (Å²) in [5, 5.41) is 14.2. The first-order valence-corrected chi connectivity index (χ1v) is 23.9. The Morgan fingerprint density at radius 2 is 1.17 bits per heavy atom. The van der Waals surface area contributed by atoms with E-state index in [9.17, 15) is 26.4 Å². The molecule has 0 radical (unpaired) electrons. The molecule has 0 unspecified atom stereocenters. The first kappa shape index (κ1) is 39.0. The number of ether oxygens (including phenoxy) is 3. The van der Waals surface area contributed by atoms with E-state index in [-0.39, 0.29) is 40.6 Å². The Kier molecular flexibility index (Phi) is 9.82. The van der Waals surface area contributed by atoms with E-state index in [1.807, 2.05) is 6.92 Å². The zero-order valence-electron chi connectivity index (χ0n) is 33.4. The van der Waals surface area contributed by atoms with Crippen LogP contribution < -0.4 is 29.6 Å². The van der Waals surface area contributed by atoms with Crippen molar-refractivity contribution in [3.05, 3.63) is 68.5 Å². The highest BCUT2D eigenvalue weighted by atomic mass is 32.2. The van der Waals surface area contributed by atoms with Crippen molar-refractivity contribution < 1.29 is 40.6 Å². The quantitative estimate of drug-likeness (QED) is 0.178. The van der Waals surface area contributed by atoms with Gasteiger partial charge in [-0.1, -0.05) is 13.0 Å². The number of benzene rings is 2. The Morgan fingerprint density at radius 3 is 1.75 bits per heavy atom. The largest absolute Gasteiger partial charge is 0.477 e. The minimum atomic E-state index is -4.30. The number of nitrogens with one attached hydrogen (secondary N) is 4. The minimum absolute atomic E-state index is 0.0554. The van der Waals surface area contributed by atoms with E-state index in [0.29, 0.717) is 31.9 Å². The van der Waals surface area contributed by atoms with Gasteiger partial charge >= 0.3 is 12.1 Å². The molecule has 0 fully saturated rings. The van der Waals surface area contributed by atoms with E-state index < -0.39 is 38.2 Å². The highest BCUT2D eigenvalue weighted by Crippen LogP contribution is 2.43. The van der Waals surface area contributed by atoms with E-state index in [1.165, 1.54) is 49.6 Å². The molecule has 2 atom stereocenters. The Labute approximate surface area is 348 Å². The molecule has 60 heavy (non-hydrogen) atoms. The Bertz CT molecular complexity index is 2610. The zero-order valence-corrected chi connectivity index (χ0v) is 35.0. The van der Waals surface area contributed by atoms with Crippen LogP contribution in [0.25, 0.3) is 0 Å². The summed E-state index contributed by atoms with van der Waals surface area (Å²) in [5.41, 5.74) is 11.8. The van der Waals surface area contributed by atoms with Crippen LogP contribution in [-0.2, 0) is 95.7 Å². The predicted molar refractivity (Wildman–Crippen MR) is 218 cm³/mol. The SMILES string of the molecule is C[C@H]1COc2c(S(=O)(=O)NC(=O)Nc3c4c(c(CCO[C@H]5COc6c(S(=O)(=O)NC(=O)Nc7c8c(cc9c7CCC9)CCC8)cnn6C5)c5c3CCC5)CCC4)cnn2C1. The van der Waals surface area contributed by atoms with Gasteiger partial charge in [0, 0.05) is 17.3 Å². The molecule has 0 saturated heterocycles. The summed E-state index contributed by atoms with van der Waals surface area (Å²) in [6, 6.07) is 0.607. The van der Waals surface area contributed by atoms with E-state index >= 15 is 0 Å². The van der Waals surface area contributed by atoms with Crippen molar-refractivity contribution in [3.63, 3.8) is 0 Å².